The minimum atomic E-state index is -0.0842. The maximum absolute atomic E-state index is 12.7. The molecule has 3 aromatic rings. The second-order valence-electron chi connectivity index (χ2n) is 8.61. The number of nitrogens with zero attached hydrogens (tertiary/aromatic N) is 4. The predicted molar refractivity (Wildman–Crippen MR) is 134 cm³/mol. The van der Waals surface area contributed by atoms with E-state index in [0.717, 1.165) is 33.0 Å². The smallest absolute Gasteiger partial charge is 0.204 e. The number of aliphatic imine (C=N–C) groups is 2. The van der Waals surface area contributed by atoms with Crippen molar-refractivity contribution in [2.45, 2.75) is 13.1 Å². The van der Waals surface area contributed by atoms with E-state index in [-0.39, 0.29) is 11.6 Å². The van der Waals surface area contributed by atoms with Crippen LogP contribution in [-0.2, 0) is 22.7 Å². The number of para-hydroxylation sites is 2. The van der Waals surface area contributed by atoms with Crippen LogP contribution in [-0.4, -0.2) is 32.1 Å². The third kappa shape index (κ3) is 2.62. The Bertz CT molecular complexity index is 1610. The highest BCUT2D eigenvalue weighted by Gasteiger charge is 2.28. The zero-order chi connectivity index (χ0) is 22.8. The number of fused-ring (bicyclic) bond motifs is 10. The second kappa shape index (κ2) is 6.96. The summed E-state index contributed by atoms with van der Waals surface area (Å²) in [7, 11) is 0. The van der Waals surface area contributed by atoms with Gasteiger partial charge in [-0.3, -0.25) is 9.59 Å². The van der Waals surface area contributed by atoms with Gasteiger partial charge in [-0.1, -0.05) is 60.7 Å². The Morgan fingerprint density at radius 3 is 1.53 bits per heavy atom. The minimum absolute atomic E-state index is 0.0842. The van der Waals surface area contributed by atoms with Gasteiger partial charge in [0, 0.05) is 21.9 Å². The molecule has 0 bridgehead atoms. The lowest BCUT2D eigenvalue weighted by atomic mass is 9.98. The molecule has 6 heteroatoms. The van der Waals surface area contributed by atoms with Crippen LogP contribution < -0.4 is 0 Å². The first-order valence-electron chi connectivity index (χ1n) is 11.2. The summed E-state index contributed by atoms with van der Waals surface area (Å²) in [5, 5.41) is 1.75. The van der Waals surface area contributed by atoms with Crippen molar-refractivity contribution < 1.29 is 9.59 Å². The van der Waals surface area contributed by atoms with Crippen LogP contribution in [0.15, 0.2) is 106 Å². The normalized spacial score (nSPS) is 17.8. The molecule has 6 nitrogen and oxygen atoms in total. The summed E-state index contributed by atoms with van der Waals surface area (Å²) in [6, 6.07) is 16.1. The average Bonchev–Trinajstić information content (AvgIpc) is 2.87. The van der Waals surface area contributed by atoms with E-state index < -0.39 is 0 Å². The molecule has 0 saturated carbocycles. The van der Waals surface area contributed by atoms with Crippen molar-refractivity contribution in [3.63, 3.8) is 0 Å². The minimum Gasteiger partial charge on any atom is -0.319 e. The molecule has 2 aliphatic heterocycles. The van der Waals surface area contributed by atoms with Gasteiger partial charge in [-0.15, -0.1) is 0 Å². The van der Waals surface area contributed by atoms with E-state index in [9.17, 15) is 9.59 Å². The van der Waals surface area contributed by atoms with Gasteiger partial charge >= 0.3 is 0 Å². The molecule has 0 atom stereocenters. The number of hydrogen-bond acceptors (Lipinski definition) is 4. The molecule has 1 aromatic heterocycles. The van der Waals surface area contributed by atoms with Crippen molar-refractivity contribution in [1.82, 2.24) is 9.13 Å². The highest BCUT2D eigenvalue weighted by Crippen LogP contribution is 2.39. The maximum Gasteiger partial charge on any atom is 0.204 e. The van der Waals surface area contributed by atoms with E-state index in [1.807, 2.05) is 48.6 Å². The molecule has 3 heterocycles. The first kappa shape index (κ1) is 18.9. The molecule has 0 fully saturated rings. The Morgan fingerprint density at radius 2 is 1.06 bits per heavy atom. The molecule has 34 heavy (non-hydrogen) atoms. The predicted octanol–water partition coefficient (Wildman–Crippen LogP) is 5.02. The van der Waals surface area contributed by atoms with Crippen molar-refractivity contribution in [3.8, 4) is 0 Å². The Balaban J connectivity index is 1.71. The first-order chi connectivity index (χ1) is 16.7. The molecule has 162 valence electrons. The van der Waals surface area contributed by atoms with Crippen LogP contribution in [0.3, 0.4) is 0 Å². The molecule has 0 unspecified atom stereocenters. The summed E-state index contributed by atoms with van der Waals surface area (Å²) in [6.45, 7) is 1.08. The fraction of sp³-hybridized carbons (Fsp3) is 0.0714. The number of rotatable bonds is 0. The zero-order valence-corrected chi connectivity index (χ0v) is 18.1. The average molecular weight is 442 g/mol. The number of aromatic nitrogens is 2. The van der Waals surface area contributed by atoms with E-state index in [4.69, 9.17) is 9.98 Å². The van der Waals surface area contributed by atoms with Gasteiger partial charge in [-0.05, 0) is 24.3 Å². The Morgan fingerprint density at radius 1 is 0.618 bits per heavy atom. The van der Waals surface area contributed by atoms with Crippen molar-refractivity contribution in [3.05, 3.63) is 96.1 Å². The molecule has 0 spiro atoms. The molecule has 7 rings (SSSR count). The number of carbonyl (C=O) groups is 2. The fourth-order valence-corrected chi connectivity index (χ4v) is 5.07. The van der Waals surface area contributed by atoms with E-state index >= 15 is 0 Å². The third-order valence-corrected chi connectivity index (χ3v) is 6.64. The maximum atomic E-state index is 12.7. The fourth-order valence-electron chi connectivity index (χ4n) is 5.07. The van der Waals surface area contributed by atoms with Crippen molar-refractivity contribution in [2.24, 2.45) is 9.98 Å². The van der Waals surface area contributed by atoms with E-state index in [1.165, 1.54) is 0 Å². The largest absolute Gasteiger partial charge is 0.319 e. The molecule has 2 aromatic carbocycles. The molecule has 4 aliphatic rings. The van der Waals surface area contributed by atoms with Crippen LogP contribution in [0.5, 0.6) is 0 Å². The molecule has 0 saturated heterocycles. The summed E-state index contributed by atoms with van der Waals surface area (Å²) in [5.74, 6) is 1.25. The van der Waals surface area contributed by atoms with Gasteiger partial charge in [0.1, 0.15) is 23.1 Å². The summed E-state index contributed by atoms with van der Waals surface area (Å²) in [4.78, 5) is 35.1. The highest BCUT2D eigenvalue weighted by atomic mass is 16.1. The van der Waals surface area contributed by atoms with Crippen molar-refractivity contribution in [1.29, 1.82) is 0 Å². The lowest BCUT2D eigenvalue weighted by Gasteiger charge is -2.27. The van der Waals surface area contributed by atoms with Crippen molar-refractivity contribution >= 4 is 56.4 Å². The highest BCUT2D eigenvalue weighted by molar-refractivity contribution is 6.52. The van der Waals surface area contributed by atoms with Gasteiger partial charge in [-0.25, -0.2) is 9.98 Å². The Labute approximate surface area is 194 Å². The zero-order valence-electron chi connectivity index (χ0n) is 18.1. The van der Waals surface area contributed by atoms with Crippen LogP contribution in [0.25, 0.3) is 21.8 Å². The van der Waals surface area contributed by atoms with Gasteiger partial charge in [0.05, 0.1) is 24.1 Å². The molecular weight excluding hydrogens is 424 g/mol. The monoisotopic (exact) mass is 442 g/mol. The summed E-state index contributed by atoms with van der Waals surface area (Å²) in [6.07, 6.45) is 10.6. The number of carbonyl (C=O) groups excluding carboxylic acids is 2. The van der Waals surface area contributed by atoms with E-state index in [0.29, 0.717) is 36.1 Å². The Kier molecular flexibility index (Phi) is 3.88. The Hall–Kier alpha value is -4.58. The van der Waals surface area contributed by atoms with Crippen molar-refractivity contribution in [2.75, 3.05) is 0 Å². The summed E-state index contributed by atoms with van der Waals surface area (Å²) >= 11 is 0. The number of hydrogen-bond donors (Lipinski definition) is 0. The number of ketones is 2. The SMILES string of the molecule is O=C1C=CC=C2Cn3c(c4ccccc4c4n(c5ccccc53)CC3=CC=CC(=O)C3=N4)N=C12. The molecule has 2 aliphatic carbocycles. The molecular formula is C28H18N4O2. The van der Waals surface area contributed by atoms with E-state index in [2.05, 4.69) is 21.3 Å². The van der Waals surface area contributed by atoms with Crippen LogP contribution in [0, 0.1) is 0 Å². The van der Waals surface area contributed by atoms with Gasteiger partial charge in [0.25, 0.3) is 0 Å². The van der Waals surface area contributed by atoms with Gasteiger partial charge < -0.3 is 9.13 Å². The standard InChI is InChI=1S/C28H18N4O2/c33-23-13-5-7-17-15-31-21-11-3-4-12-22(21)32-16-18-8-6-14-24(34)26(18)30-28(32)20-10-2-1-9-19(20)27(31)29-25(17)23/h1-14H,15-16H2. The summed E-state index contributed by atoms with van der Waals surface area (Å²) in [5.41, 5.74) is 4.72. The van der Waals surface area contributed by atoms with Crippen LogP contribution in [0.4, 0.5) is 11.6 Å². The number of benzene rings is 2. The van der Waals surface area contributed by atoms with Crippen LogP contribution in [0.2, 0.25) is 0 Å². The quantitative estimate of drug-likeness (QED) is 0.459. The number of allylic oxidation sites excluding steroid dienone is 8. The van der Waals surface area contributed by atoms with Gasteiger partial charge in [0.15, 0.2) is 0 Å². The van der Waals surface area contributed by atoms with E-state index in [1.54, 1.807) is 24.3 Å². The van der Waals surface area contributed by atoms with Gasteiger partial charge in [0.2, 0.25) is 11.6 Å². The van der Waals surface area contributed by atoms with Gasteiger partial charge in [-0.2, -0.15) is 0 Å². The molecule has 0 amide bonds. The second-order valence-corrected chi connectivity index (χ2v) is 8.61. The lowest BCUT2D eigenvalue weighted by molar-refractivity contribution is -0.109. The van der Waals surface area contributed by atoms with Crippen LogP contribution in [0.1, 0.15) is 0 Å². The third-order valence-electron chi connectivity index (χ3n) is 6.64. The molecule has 0 radical (unpaired) electrons. The lowest BCUT2D eigenvalue weighted by Crippen LogP contribution is -2.26. The van der Waals surface area contributed by atoms with Crippen LogP contribution >= 0.6 is 0 Å². The first-order valence-corrected chi connectivity index (χ1v) is 11.2. The molecule has 0 N–H and O–H groups in total. The topological polar surface area (TPSA) is 68.7 Å². The summed E-state index contributed by atoms with van der Waals surface area (Å²) < 4.78 is 4.35.